The standard InChI is InChI=1S/C13H12F2O4/c14-11(15)7-5-8(13(1-2-13)12(16)17)10-9(6-7)18-3-4-19-10/h5-6,11H,1-4H2,(H,16,17). The van der Waals surface area contributed by atoms with Gasteiger partial charge in [0, 0.05) is 11.1 Å². The van der Waals surface area contributed by atoms with Gasteiger partial charge in [-0.1, -0.05) is 0 Å². The first kappa shape index (κ1) is 12.2. The lowest BCUT2D eigenvalue weighted by molar-refractivity contribution is -0.140. The molecule has 6 heteroatoms. The van der Waals surface area contributed by atoms with Gasteiger partial charge in [-0.25, -0.2) is 8.78 Å². The van der Waals surface area contributed by atoms with Crippen molar-refractivity contribution >= 4 is 5.97 Å². The third kappa shape index (κ3) is 1.82. The molecule has 1 aliphatic carbocycles. The lowest BCUT2D eigenvalue weighted by Crippen LogP contribution is -2.24. The van der Waals surface area contributed by atoms with E-state index in [1.165, 1.54) is 12.1 Å². The monoisotopic (exact) mass is 270 g/mol. The van der Waals surface area contributed by atoms with Crippen molar-refractivity contribution in [2.24, 2.45) is 0 Å². The van der Waals surface area contributed by atoms with Crippen LogP contribution in [0.1, 0.15) is 30.4 Å². The molecule has 0 saturated heterocycles. The number of rotatable bonds is 3. The lowest BCUT2D eigenvalue weighted by atomic mass is 9.92. The minimum Gasteiger partial charge on any atom is -0.486 e. The van der Waals surface area contributed by atoms with E-state index in [2.05, 4.69) is 0 Å². The highest BCUT2D eigenvalue weighted by Gasteiger charge is 2.54. The first-order valence-corrected chi connectivity index (χ1v) is 6.00. The summed E-state index contributed by atoms with van der Waals surface area (Å²) >= 11 is 0. The zero-order chi connectivity index (χ0) is 13.6. The molecule has 0 amide bonds. The molecule has 0 unspecified atom stereocenters. The Morgan fingerprint density at radius 3 is 2.53 bits per heavy atom. The summed E-state index contributed by atoms with van der Waals surface area (Å²) in [6.45, 7) is 0.572. The Labute approximate surface area is 107 Å². The van der Waals surface area contributed by atoms with Gasteiger partial charge in [0.2, 0.25) is 0 Å². The van der Waals surface area contributed by atoms with Crippen molar-refractivity contribution in [1.29, 1.82) is 0 Å². The molecule has 0 aromatic heterocycles. The van der Waals surface area contributed by atoms with Gasteiger partial charge in [0.1, 0.15) is 13.2 Å². The van der Waals surface area contributed by atoms with Crippen LogP contribution in [0.25, 0.3) is 0 Å². The van der Waals surface area contributed by atoms with Gasteiger partial charge >= 0.3 is 5.97 Å². The van der Waals surface area contributed by atoms with Crippen LogP contribution in [0.3, 0.4) is 0 Å². The second-order valence-electron chi connectivity index (χ2n) is 4.78. The third-order valence-corrected chi connectivity index (χ3v) is 3.59. The van der Waals surface area contributed by atoms with Gasteiger partial charge in [-0.15, -0.1) is 0 Å². The number of hydrogen-bond donors (Lipinski definition) is 1. The zero-order valence-electron chi connectivity index (χ0n) is 9.99. The van der Waals surface area contributed by atoms with E-state index in [1.807, 2.05) is 0 Å². The molecule has 0 radical (unpaired) electrons. The van der Waals surface area contributed by atoms with Crippen LogP contribution < -0.4 is 9.47 Å². The van der Waals surface area contributed by atoms with Crippen molar-refractivity contribution in [3.63, 3.8) is 0 Å². The number of carbonyl (C=O) groups is 1. The number of fused-ring (bicyclic) bond motifs is 1. The summed E-state index contributed by atoms with van der Waals surface area (Å²) in [6, 6.07) is 2.46. The maximum absolute atomic E-state index is 12.9. The van der Waals surface area contributed by atoms with Crippen LogP contribution in [0.2, 0.25) is 0 Å². The Balaban J connectivity index is 2.16. The lowest BCUT2D eigenvalue weighted by Gasteiger charge is -2.24. The highest BCUT2D eigenvalue weighted by molar-refractivity contribution is 5.86. The minimum absolute atomic E-state index is 0.214. The summed E-state index contributed by atoms with van der Waals surface area (Å²) in [5.41, 5.74) is -1.00. The van der Waals surface area contributed by atoms with Gasteiger partial charge in [-0.2, -0.15) is 0 Å². The number of ether oxygens (including phenoxy) is 2. The van der Waals surface area contributed by atoms with Gasteiger partial charge in [-0.05, 0) is 25.0 Å². The largest absolute Gasteiger partial charge is 0.486 e. The fraction of sp³-hybridized carbons (Fsp3) is 0.462. The van der Waals surface area contributed by atoms with E-state index < -0.39 is 17.8 Å². The molecule has 2 aliphatic rings. The van der Waals surface area contributed by atoms with Gasteiger partial charge in [-0.3, -0.25) is 4.79 Å². The molecule has 19 heavy (non-hydrogen) atoms. The number of benzene rings is 1. The third-order valence-electron chi connectivity index (χ3n) is 3.59. The topological polar surface area (TPSA) is 55.8 Å². The van der Waals surface area contributed by atoms with Crippen LogP contribution in [0, 0.1) is 0 Å². The van der Waals surface area contributed by atoms with E-state index in [9.17, 15) is 18.7 Å². The van der Waals surface area contributed by atoms with Crippen LogP contribution >= 0.6 is 0 Å². The number of alkyl halides is 2. The summed E-state index contributed by atoms with van der Waals surface area (Å²) in [4.78, 5) is 11.4. The summed E-state index contributed by atoms with van der Waals surface area (Å²) < 4.78 is 36.5. The Kier molecular flexibility index (Phi) is 2.62. The van der Waals surface area contributed by atoms with E-state index in [1.54, 1.807) is 0 Å². The Morgan fingerprint density at radius 1 is 1.26 bits per heavy atom. The van der Waals surface area contributed by atoms with Crippen molar-refractivity contribution in [2.75, 3.05) is 13.2 Å². The van der Waals surface area contributed by atoms with Gasteiger partial charge in [0.25, 0.3) is 6.43 Å². The summed E-state index contributed by atoms with van der Waals surface area (Å²) in [6.07, 6.45) is -1.80. The molecule has 1 aromatic rings. The Bertz CT molecular complexity index is 538. The summed E-state index contributed by atoms with van der Waals surface area (Å²) in [5.74, 6) is -0.489. The van der Waals surface area contributed by atoms with E-state index in [4.69, 9.17) is 9.47 Å². The molecular weight excluding hydrogens is 258 g/mol. The fourth-order valence-electron chi connectivity index (χ4n) is 2.38. The number of carboxylic acids is 1. The molecule has 0 spiro atoms. The molecule has 1 aliphatic heterocycles. The second kappa shape index (κ2) is 4.08. The minimum atomic E-state index is -2.67. The molecule has 0 bridgehead atoms. The van der Waals surface area contributed by atoms with Crippen LogP contribution in [0.5, 0.6) is 11.5 Å². The highest BCUT2D eigenvalue weighted by atomic mass is 19.3. The molecule has 1 saturated carbocycles. The molecule has 4 nitrogen and oxygen atoms in total. The fourth-order valence-corrected chi connectivity index (χ4v) is 2.38. The van der Waals surface area contributed by atoms with E-state index in [0.29, 0.717) is 30.8 Å². The molecule has 3 rings (SSSR count). The smallest absolute Gasteiger partial charge is 0.314 e. The first-order chi connectivity index (χ1) is 9.04. The second-order valence-corrected chi connectivity index (χ2v) is 4.78. The van der Waals surface area contributed by atoms with Gasteiger partial charge in [0.05, 0.1) is 5.41 Å². The van der Waals surface area contributed by atoms with E-state index in [0.717, 1.165) is 0 Å². The number of carboxylic acid groups (broad SMARTS) is 1. The number of halogens is 2. The predicted octanol–water partition coefficient (Wildman–Crippen LogP) is 2.51. The first-order valence-electron chi connectivity index (χ1n) is 6.00. The maximum Gasteiger partial charge on any atom is 0.314 e. The molecular formula is C13H12F2O4. The van der Waals surface area contributed by atoms with Crippen LogP contribution in [-0.2, 0) is 10.2 Å². The number of hydrogen-bond acceptors (Lipinski definition) is 3. The Hall–Kier alpha value is -1.85. The van der Waals surface area contributed by atoms with Gasteiger partial charge < -0.3 is 14.6 Å². The van der Waals surface area contributed by atoms with Crippen LogP contribution in [0.15, 0.2) is 12.1 Å². The molecule has 1 heterocycles. The van der Waals surface area contributed by atoms with Crippen LogP contribution in [0.4, 0.5) is 8.78 Å². The summed E-state index contributed by atoms with van der Waals surface area (Å²) in [7, 11) is 0. The van der Waals surface area contributed by atoms with Crippen molar-refractivity contribution in [3.8, 4) is 11.5 Å². The van der Waals surface area contributed by atoms with Crippen molar-refractivity contribution < 1.29 is 28.2 Å². The van der Waals surface area contributed by atoms with Gasteiger partial charge in [0.15, 0.2) is 11.5 Å². The maximum atomic E-state index is 12.9. The average Bonchev–Trinajstić information content (AvgIpc) is 3.18. The van der Waals surface area contributed by atoms with Crippen molar-refractivity contribution in [1.82, 2.24) is 0 Å². The van der Waals surface area contributed by atoms with Crippen molar-refractivity contribution in [2.45, 2.75) is 24.7 Å². The highest BCUT2D eigenvalue weighted by Crippen LogP contribution is 2.54. The number of aliphatic carboxylic acids is 1. The summed E-state index contributed by atoms with van der Waals surface area (Å²) in [5, 5.41) is 9.30. The van der Waals surface area contributed by atoms with Crippen molar-refractivity contribution in [3.05, 3.63) is 23.3 Å². The SMILES string of the molecule is O=C(O)C1(c2cc(C(F)F)cc3c2OCCO3)CC1. The Morgan fingerprint density at radius 2 is 1.95 bits per heavy atom. The molecule has 0 atom stereocenters. The quantitative estimate of drug-likeness (QED) is 0.916. The average molecular weight is 270 g/mol. The van der Waals surface area contributed by atoms with Crippen LogP contribution in [-0.4, -0.2) is 24.3 Å². The van der Waals surface area contributed by atoms with E-state index >= 15 is 0 Å². The predicted molar refractivity (Wildman–Crippen MR) is 60.9 cm³/mol. The molecule has 1 aromatic carbocycles. The van der Waals surface area contributed by atoms with E-state index in [-0.39, 0.29) is 17.9 Å². The zero-order valence-corrected chi connectivity index (χ0v) is 9.99. The molecule has 102 valence electrons. The normalized spacial score (nSPS) is 19.3. The molecule has 1 N–H and O–H groups in total. The molecule has 1 fully saturated rings.